The number of carboxylic acids is 1. The predicted octanol–water partition coefficient (Wildman–Crippen LogP) is 2.11. The minimum absolute atomic E-state index is 0.0247. The van der Waals surface area contributed by atoms with E-state index in [1.807, 2.05) is 0 Å². The average molecular weight is 317 g/mol. The van der Waals surface area contributed by atoms with Gasteiger partial charge in [0, 0.05) is 19.7 Å². The van der Waals surface area contributed by atoms with Crippen LogP contribution in [0.25, 0.3) is 0 Å². The molecule has 1 aromatic rings. The van der Waals surface area contributed by atoms with Crippen molar-refractivity contribution in [1.82, 2.24) is 10.2 Å². The van der Waals surface area contributed by atoms with Crippen molar-refractivity contribution < 1.29 is 14.6 Å². The third-order valence-electron chi connectivity index (χ3n) is 2.92. The quantitative estimate of drug-likeness (QED) is 0.772. The first-order chi connectivity index (χ1) is 9.69. The van der Waals surface area contributed by atoms with Crippen molar-refractivity contribution in [2.75, 3.05) is 30.3 Å². The zero-order valence-corrected chi connectivity index (χ0v) is 13.1. The van der Waals surface area contributed by atoms with Crippen LogP contribution in [0.15, 0.2) is 4.34 Å². The maximum absolute atomic E-state index is 10.5. The molecule has 1 N–H and O–H groups in total. The van der Waals surface area contributed by atoms with Crippen molar-refractivity contribution >= 4 is 34.2 Å². The summed E-state index contributed by atoms with van der Waals surface area (Å²) in [7, 11) is 0. The van der Waals surface area contributed by atoms with Gasteiger partial charge in [0.05, 0.1) is 11.9 Å². The number of hydrogen-bond donors (Lipinski definition) is 1. The molecule has 0 amide bonds. The zero-order valence-electron chi connectivity index (χ0n) is 11.4. The molecule has 2 rings (SSSR count). The molecule has 1 unspecified atom stereocenters. The summed E-state index contributed by atoms with van der Waals surface area (Å²) in [6, 6.07) is 0. The van der Waals surface area contributed by atoms with Gasteiger partial charge in [-0.25, -0.2) is 0 Å². The van der Waals surface area contributed by atoms with Gasteiger partial charge in [0.1, 0.15) is 0 Å². The van der Waals surface area contributed by atoms with Crippen LogP contribution in [-0.2, 0) is 9.53 Å². The van der Waals surface area contributed by atoms with Gasteiger partial charge in [-0.3, -0.25) is 4.79 Å². The maximum atomic E-state index is 10.5. The molecule has 1 saturated heterocycles. The number of aromatic nitrogens is 2. The monoisotopic (exact) mass is 317 g/mol. The molecule has 0 bridgehead atoms. The molecule has 0 saturated carbocycles. The molecule has 1 aliphatic heterocycles. The molecular weight excluding hydrogens is 298 g/mol. The third kappa shape index (κ3) is 4.60. The first-order valence-corrected chi connectivity index (χ1v) is 8.54. The van der Waals surface area contributed by atoms with Crippen LogP contribution in [0.5, 0.6) is 0 Å². The Labute approximate surface area is 126 Å². The second kappa shape index (κ2) is 7.80. The Balaban J connectivity index is 1.88. The standard InChI is InChI=1S/C12H19N3O3S2/c1-2-6-18-9-4-3-5-15(7-9)11-13-14-12(20-11)19-8-10(16)17/h9H,2-8H2,1H3,(H,16,17). The van der Waals surface area contributed by atoms with Gasteiger partial charge < -0.3 is 14.7 Å². The third-order valence-corrected chi connectivity index (χ3v) is 5.02. The lowest BCUT2D eigenvalue weighted by atomic mass is 10.1. The number of carboxylic acid groups (broad SMARTS) is 1. The first kappa shape index (κ1) is 15.5. The molecule has 1 aromatic heterocycles. The lowest BCUT2D eigenvalue weighted by Crippen LogP contribution is -2.39. The van der Waals surface area contributed by atoms with Crippen molar-refractivity contribution in [2.45, 2.75) is 36.6 Å². The molecule has 6 nitrogen and oxygen atoms in total. The van der Waals surface area contributed by atoms with Crippen LogP contribution in [0.2, 0.25) is 0 Å². The molecule has 0 radical (unpaired) electrons. The number of aliphatic carboxylic acids is 1. The Morgan fingerprint density at radius 1 is 1.60 bits per heavy atom. The van der Waals surface area contributed by atoms with Gasteiger partial charge in [-0.2, -0.15) is 0 Å². The summed E-state index contributed by atoms with van der Waals surface area (Å²) >= 11 is 2.67. The molecular formula is C12H19N3O3S2. The van der Waals surface area contributed by atoms with E-state index in [0.717, 1.165) is 44.1 Å². The number of rotatable bonds is 7. The first-order valence-electron chi connectivity index (χ1n) is 6.73. The minimum Gasteiger partial charge on any atom is -0.481 e. The van der Waals surface area contributed by atoms with Crippen LogP contribution in [0.3, 0.4) is 0 Å². The van der Waals surface area contributed by atoms with Crippen LogP contribution in [0.1, 0.15) is 26.2 Å². The topological polar surface area (TPSA) is 75.5 Å². The SMILES string of the molecule is CCCOC1CCCN(c2nnc(SCC(=O)O)s2)C1. The van der Waals surface area contributed by atoms with Gasteiger partial charge in [0.2, 0.25) is 5.13 Å². The van der Waals surface area contributed by atoms with E-state index in [4.69, 9.17) is 9.84 Å². The van der Waals surface area contributed by atoms with Gasteiger partial charge in [-0.15, -0.1) is 10.2 Å². The van der Waals surface area contributed by atoms with Crippen LogP contribution >= 0.6 is 23.1 Å². The van der Waals surface area contributed by atoms with E-state index in [9.17, 15) is 4.79 Å². The number of carbonyl (C=O) groups is 1. The van der Waals surface area contributed by atoms with Gasteiger partial charge in [0.25, 0.3) is 0 Å². The van der Waals surface area contributed by atoms with E-state index in [2.05, 4.69) is 22.0 Å². The van der Waals surface area contributed by atoms with Gasteiger partial charge >= 0.3 is 5.97 Å². The Bertz CT molecular complexity index is 441. The van der Waals surface area contributed by atoms with E-state index in [1.54, 1.807) is 0 Å². The minimum atomic E-state index is -0.835. The zero-order chi connectivity index (χ0) is 14.4. The number of thioether (sulfide) groups is 1. The lowest BCUT2D eigenvalue weighted by Gasteiger charge is -2.32. The Morgan fingerprint density at radius 3 is 3.20 bits per heavy atom. The molecule has 8 heteroatoms. The van der Waals surface area contributed by atoms with Crippen molar-refractivity contribution in [2.24, 2.45) is 0 Å². The van der Waals surface area contributed by atoms with Gasteiger partial charge in [-0.05, 0) is 19.3 Å². The number of anilines is 1. The summed E-state index contributed by atoms with van der Waals surface area (Å²) in [5.74, 6) is -0.811. The fourth-order valence-corrected chi connectivity index (χ4v) is 3.64. The molecule has 1 fully saturated rings. The Kier molecular flexibility index (Phi) is 6.06. The molecule has 0 spiro atoms. The van der Waals surface area contributed by atoms with Crippen LogP contribution in [-0.4, -0.2) is 52.8 Å². The van der Waals surface area contributed by atoms with Crippen molar-refractivity contribution in [3.63, 3.8) is 0 Å². The van der Waals surface area contributed by atoms with Crippen molar-refractivity contribution in [1.29, 1.82) is 0 Å². The van der Waals surface area contributed by atoms with Gasteiger partial charge in [-0.1, -0.05) is 30.0 Å². The highest BCUT2D eigenvalue weighted by atomic mass is 32.2. The predicted molar refractivity (Wildman–Crippen MR) is 79.7 cm³/mol. The number of piperidine rings is 1. The summed E-state index contributed by atoms with van der Waals surface area (Å²) in [4.78, 5) is 12.7. The summed E-state index contributed by atoms with van der Waals surface area (Å²) in [5, 5.41) is 17.7. The number of hydrogen-bond acceptors (Lipinski definition) is 7. The van der Waals surface area contributed by atoms with Crippen LogP contribution in [0, 0.1) is 0 Å². The van der Waals surface area contributed by atoms with Crippen molar-refractivity contribution in [3.8, 4) is 0 Å². The second-order valence-electron chi connectivity index (χ2n) is 4.61. The fourth-order valence-electron chi connectivity index (χ4n) is 2.04. The average Bonchev–Trinajstić information content (AvgIpc) is 2.92. The van der Waals surface area contributed by atoms with E-state index >= 15 is 0 Å². The normalized spacial score (nSPS) is 19.2. The van der Waals surface area contributed by atoms with E-state index in [0.29, 0.717) is 4.34 Å². The second-order valence-corrected chi connectivity index (χ2v) is 6.79. The molecule has 2 heterocycles. The molecule has 20 heavy (non-hydrogen) atoms. The van der Waals surface area contributed by atoms with Crippen LogP contribution in [0.4, 0.5) is 5.13 Å². The van der Waals surface area contributed by atoms with E-state index in [1.165, 1.54) is 23.1 Å². The van der Waals surface area contributed by atoms with Crippen LogP contribution < -0.4 is 4.90 Å². The fraction of sp³-hybridized carbons (Fsp3) is 0.750. The highest BCUT2D eigenvalue weighted by Gasteiger charge is 2.23. The Hall–Kier alpha value is -0.860. The highest BCUT2D eigenvalue weighted by Crippen LogP contribution is 2.30. The Morgan fingerprint density at radius 2 is 2.45 bits per heavy atom. The largest absolute Gasteiger partial charge is 0.481 e. The molecule has 0 aliphatic carbocycles. The van der Waals surface area contributed by atoms with E-state index < -0.39 is 5.97 Å². The summed E-state index contributed by atoms with van der Waals surface area (Å²) < 4.78 is 6.51. The number of nitrogens with zero attached hydrogens (tertiary/aromatic N) is 3. The number of ether oxygens (including phenoxy) is 1. The van der Waals surface area contributed by atoms with E-state index in [-0.39, 0.29) is 11.9 Å². The highest BCUT2D eigenvalue weighted by molar-refractivity contribution is 8.01. The summed E-state index contributed by atoms with van der Waals surface area (Å²) in [6.45, 7) is 4.72. The lowest BCUT2D eigenvalue weighted by molar-refractivity contribution is -0.133. The van der Waals surface area contributed by atoms with Gasteiger partial charge in [0.15, 0.2) is 4.34 Å². The maximum Gasteiger partial charge on any atom is 0.313 e. The summed E-state index contributed by atoms with van der Waals surface area (Å²) in [5.41, 5.74) is 0. The summed E-state index contributed by atoms with van der Waals surface area (Å²) in [6.07, 6.45) is 3.48. The van der Waals surface area contributed by atoms with Crippen molar-refractivity contribution in [3.05, 3.63) is 0 Å². The molecule has 1 atom stereocenters. The smallest absolute Gasteiger partial charge is 0.313 e. The molecule has 112 valence electrons. The molecule has 0 aromatic carbocycles. The molecule has 1 aliphatic rings.